The molecule has 3 rings (SSSR count). The van der Waals surface area contributed by atoms with E-state index in [9.17, 15) is 4.79 Å². The second kappa shape index (κ2) is 8.05. The van der Waals surface area contributed by atoms with Gasteiger partial charge in [0.25, 0.3) is 5.91 Å². The maximum Gasteiger partial charge on any atom is 0.260 e. The first-order valence-corrected chi connectivity index (χ1v) is 8.01. The zero-order chi connectivity index (χ0) is 17.5. The van der Waals surface area contributed by atoms with Crippen LogP contribution in [0.4, 0.5) is 0 Å². The van der Waals surface area contributed by atoms with Crippen LogP contribution in [0.15, 0.2) is 61.2 Å². The summed E-state index contributed by atoms with van der Waals surface area (Å²) in [5.41, 5.74) is 1.47. The predicted octanol–water partition coefficient (Wildman–Crippen LogP) is 1.92. The molecule has 25 heavy (non-hydrogen) atoms. The molecule has 1 aromatic carbocycles. The maximum atomic E-state index is 12.1. The van der Waals surface area contributed by atoms with Crippen molar-refractivity contribution in [2.75, 3.05) is 6.54 Å². The first-order valence-electron chi connectivity index (χ1n) is 8.01. The SMILES string of the molecule is CC(Oc1ccccc1)C(=O)NCCn1ccc(-c2cnccn2)n1. The number of nitrogens with one attached hydrogen (secondary N) is 1. The molecule has 0 aliphatic heterocycles. The Hall–Kier alpha value is -3.22. The monoisotopic (exact) mass is 337 g/mol. The van der Waals surface area contributed by atoms with E-state index in [1.54, 1.807) is 30.2 Å². The van der Waals surface area contributed by atoms with E-state index in [-0.39, 0.29) is 5.91 Å². The summed E-state index contributed by atoms with van der Waals surface area (Å²) in [5.74, 6) is 0.510. The highest BCUT2D eigenvalue weighted by atomic mass is 16.5. The summed E-state index contributed by atoms with van der Waals surface area (Å²) in [6.07, 6.45) is 6.20. The molecule has 0 saturated heterocycles. The number of nitrogens with zero attached hydrogens (tertiary/aromatic N) is 4. The summed E-state index contributed by atoms with van der Waals surface area (Å²) in [7, 11) is 0. The van der Waals surface area contributed by atoms with Crippen molar-refractivity contribution >= 4 is 5.91 Å². The summed E-state index contributed by atoms with van der Waals surface area (Å²) in [6.45, 7) is 2.75. The van der Waals surface area contributed by atoms with Crippen molar-refractivity contribution in [3.63, 3.8) is 0 Å². The van der Waals surface area contributed by atoms with Crippen molar-refractivity contribution in [3.8, 4) is 17.1 Å². The molecule has 1 atom stereocenters. The molecule has 2 heterocycles. The van der Waals surface area contributed by atoms with Crippen molar-refractivity contribution in [2.45, 2.75) is 19.6 Å². The van der Waals surface area contributed by atoms with Gasteiger partial charge in [0.15, 0.2) is 6.10 Å². The van der Waals surface area contributed by atoms with Crippen LogP contribution in [-0.2, 0) is 11.3 Å². The highest BCUT2D eigenvalue weighted by Gasteiger charge is 2.14. The molecule has 3 aromatic rings. The molecule has 1 amide bonds. The van der Waals surface area contributed by atoms with Gasteiger partial charge in [0.05, 0.1) is 12.7 Å². The van der Waals surface area contributed by atoms with Gasteiger partial charge in [-0.3, -0.25) is 19.4 Å². The van der Waals surface area contributed by atoms with Crippen LogP contribution < -0.4 is 10.1 Å². The second-order valence-electron chi connectivity index (χ2n) is 5.42. The topological polar surface area (TPSA) is 81.9 Å². The predicted molar refractivity (Wildman–Crippen MR) is 92.8 cm³/mol. The lowest BCUT2D eigenvalue weighted by atomic mass is 10.3. The molecule has 0 aliphatic carbocycles. The Morgan fingerprint density at radius 2 is 2.04 bits per heavy atom. The van der Waals surface area contributed by atoms with Crippen molar-refractivity contribution in [1.82, 2.24) is 25.1 Å². The highest BCUT2D eigenvalue weighted by molar-refractivity contribution is 5.80. The molecule has 128 valence electrons. The molecule has 2 aromatic heterocycles. The van der Waals surface area contributed by atoms with Gasteiger partial charge in [-0.15, -0.1) is 0 Å². The third-order valence-electron chi connectivity index (χ3n) is 3.53. The van der Waals surface area contributed by atoms with Gasteiger partial charge in [0.2, 0.25) is 0 Å². The van der Waals surface area contributed by atoms with Crippen LogP contribution in [-0.4, -0.2) is 38.3 Å². The van der Waals surface area contributed by atoms with Crippen LogP contribution in [0.5, 0.6) is 5.75 Å². The van der Waals surface area contributed by atoms with Gasteiger partial charge < -0.3 is 10.1 Å². The number of hydrogen-bond acceptors (Lipinski definition) is 5. The van der Waals surface area contributed by atoms with Gasteiger partial charge in [-0.05, 0) is 25.1 Å². The molecular formula is C18H19N5O2. The van der Waals surface area contributed by atoms with E-state index in [2.05, 4.69) is 20.4 Å². The Morgan fingerprint density at radius 1 is 1.20 bits per heavy atom. The summed E-state index contributed by atoms with van der Waals surface area (Å²) in [5, 5.41) is 7.27. The van der Waals surface area contributed by atoms with Crippen LogP contribution >= 0.6 is 0 Å². The summed E-state index contributed by atoms with van der Waals surface area (Å²) < 4.78 is 7.35. The number of carbonyl (C=O) groups is 1. The molecule has 1 N–H and O–H groups in total. The zero-order valence-electron chi connectivity index (χ0n) is 13.9. The summed E-state index contributed by atoms with van der Waals surface area (Å²) in [4.78, 5) is 20.3. The molecular weight excluding hydrogens is 318 g/mol. The van der Waals surface area contributed by atoms with Gasteiger partial charge in [-0.2, -0.15) is 5.10 Å². The van der Waals surface area contributed by atoms with Gasteiger partial charge >= 0.3 is 0 Å². The number of para-hydroxylation sites is 1. The van der Waals surface area contributed by atoms with E-state index in [4.69, 9.17) is 4.74 Å². The molecule has 7 nitrogen and oxygen atoms in total. The molecule has 0 bridgehead atoms. The molecule has 0 saturated carbocycles. The number of amides is 1. The molecule has 0 aliphatic rings. The number of hydrogen-bond donors (Lipinski definition) is 1. The largest absolute Gasteiger partial charge is 0.481 e. The lowest BCUT2D eigenvalue weighted by Crippen LogP contribution is -2.37. The Morgan fingerprint density at radius 3 is 2.80 bits per heavy atom. The fraction of sp³-hybridized carbons (Fsp3) is 0.222. The van der Waals surface area contributed by atoms with Crippen LogP contribution in [0, 0.1) is 0 Å². The minimum Gasteiger partial charge on any atom is -0.481 e. The van der Waals surface area contributed by atoms with Crippen molar-refractivity contribution in [1.29, 1.82) is 0 Å². The fourth-order valence-electron chi connectivity index (χ4n) is 2.25. The van der Waals surface area contributed by atoms with Crippen LogP contribution in [0.1, 0.15) is 6.92 Å². The van der Waals surface area contributed by atoms with E-state index in [0.717, 1.165) is 11.4 Å². The van der Waals surface area contributed by atoms with Crippen LogP contribution in [0.25, 0.3) is 11.4 Å². The minimum absolute atomic E-state index is 0.162. The first kappa shape index (κ1) is 16.6. The van der Waals surface area contributed by atoms with E-state index >= 15 is 0 Å². The lowest BCUT2D eigenvalue weighted by molar-refractivity contribution is -0.127. The van der Waals surface area contributed by atoms with E-state index < -0.39 is 6.10 Å². The average molecular weight is 337 g/mol. The number of carbonyl (C=O) groups excluding carboxylic acids is 1. The minimum atomic E-state index is -0.560. The van der Waals surface area contributed by atoms with Crippen molar-refractivity contribution in [3.05, 3.63) is 61.2 Å². The van der Waals surface area contributed by atoms with Crippen molar-refractivity contribution < 1.29 is 9.53 Å². The third kappa shape index (κ3) is 4.63. The number of ether oxygens (including phenoxy) is 1. The molecule has 7 heteroatoms. The van der Waals surface area contributed by atoms with E-state index in [1.807, 2.05) is 42.6 Å². The molecule has 0 fully saturated rings. The van der Waals surface area contributed by atoms with E-state index in [0.29, 0.717) is 18.8 Å². The first-order chi connectivity index (χ1) is 12.2. The highest BCUT2D eigenvalue weighted by Crippen LogP contribution is 2.12. The number of rotatable bonds is 7. The van der Waals surface area contributed by atoms with Crippen LogP contribution in [0.2, 0.25) is 0 Å². The van der Waals surface area contributed by atoms with Gasteiger partial charge in [0.1, 0.15) is 17.1 Å². The number of benzene rings is 1. The van der Waals surface area contributed by atoms with Crippen LogP contribution in [0.3, 0.4) is 0 Å². The summed E-state index contributed by atoms with van der Waals surface area (Å²) >= 11 is 0. The third-order valence-corrected chi connectivity index (χ3v) is 3.53. The molecule has 0 radical (unpaired) electrons. The standard InChI is InChI=1S/C18H19N5O2/c1-14(25-15-5-3-2-4-6-15)18(24)21-10-12-23-11-7-16(22-23)17-13-19-8-9-20-17/h2-9,11,13-14H,10,12H2,1H3,(H,21,24). The Kier molecular flexibility index (Phi) is 5.36. The Bertz CT molecular complexity index is 805. The number of aromatic nitrogens is 4. The Labute approximate surface area is 145 Å². The van der Waals surface area contributed by atoms with Crippen molar-refractivity contribution in [2.24, 2.45) is 0 Å². The zero-order valence-corrected chi connectivity index (χ0v) is 13.9. The van der Waals surface area contributed by atoms with E-state index in [1.165, 1.54) is 0 Å². The van der Waals surface area contributed by atoms with Gasteiger partial charge in [0, 0.05) is 25.1 Å². The fourth-order valence-corrected chi connectivity index (χ4v) is 2.25. The lowest BCUT2D eigenvalue weighted by Gasteiger charge is -2.14. The molecule has 0 spiro atoms. The average Bonchev–Trinajstić information content (AvgIpc) is 3.12. The van der Waals surface area contributed by atoms with Gasteiger partial charge in [-0.1, -0.05) is 18.2 Å². The molecule has 1 unspecified atom stereocenters. The summed E-state index contributed by atoms with van der Waals surface area (Å²) in [6, 6.07) is 11.1. The maximum absolute atomic E-state index is 12.1. The second-order valence-corrected chi connectivity index (χ2v) is 5.42. The smallest absolute Gasteiger partial charge is 0.260 e. The quantitative estimate of drug-likeness (QED) is 0.712. The normalized spacial score (nSPS) is 11.7. The van der Waals surface area contributed by atoms with Gasteiger partial charge in [-0.25, -0.2) is 0 Å². The Balaban J connectivity index is 1.46.